The van der Waals surface area contributed by atoms with Gasteiger partial charge < -0.3 is 33.2 Å². The van der Waals surface area contributed by atoms with Crippen molar-refractivity contribution in [3.8, 4) is 5.75 Å². The average molecular weight is 572 g/mol. The molecule has 0 N–H and O–H groups in total. The first kappa shape index (κ1) is 36.2. The maximum Gasteiger partial charge on any atom is 0.269 e. The van der Waals surface area contributed by atoms with Crippen LogP contribution in [0, 0.1) is 10.1 Å². The first-order chi connectivity index (χ1) is 19.7. The van der Waals surface area contributed by atoms with Crippen molar-refractivity contribution in [2.24, 2.45) is 0 Å². The Morgan fingerprint density at radius 3 is 1.25 bits per heavy atom. The highest BCUT2D eigenvalue weighted by Crippen LogP contribution is 2.17. The molecule has 0 saturated carbocycles. The minimum atomic E-state index is -0.444. The summed E-state index contributed by atoms with van der Waals surface area (Å²) in [6.45, 7) is 9.16. The number of nitro benzene ring substituents is 1. The standard InChI is InChI=1S/C30H53NO9/c1-2-3-4-5-6-7-8-9-10-11-16-34-17-18-35-19-20-36-21-22-37-23-24-38-25-26-39-27-28-40-30-14-12-29(13-15-30)31(32)33/h12-15H,2-11,16-28H2,1H3. The van der Waals surface area contributed by atoms with Crippen molar-refractivity contribution in [1.82, 2.24) is 0 Å². The summed E-state index contributed by atoms with van der Waals surface area (Å²) >= 11 is 0. The van der Waals surface area contributed by atoms with Crippen LogP contribution in [-0.4, -0.2) is 90.8 Å². The largest absolute Gasteiger partial charge is 0.491 e. The monoisotopic (exact) mass is 571 g/mol. The van der Waals surface area contributed by atoms with E-state index >= 15 is 0 Å². The number of hydrogen-bond acceptors (Lipinski definition) is 9. The number of nitrogens with zero attached hydrogens (tertiary/aromatic N) is 1. The predicted molar refractivity (Wildman–Crippen MR) is 155 cm³/mol. The van der Waals surface area contributed by atoms with Crippen molar-refractivity contribution < 1.29 is 38.1 Å². The lowest BCUT2D eigenvalue weighted by atomic mass is 10.1. The maximum atomic E-state index is 10.6. The highest BCUT2D eigenvalue weighted by molar-refractivity contribution is 5.35. The van der Waals surface area contributed by atoms with Gasteiger partial charge in [0.15, 0.2) is 0 Å². The highest BCUT2D eigenvalue weighted by Gasteiger charge is 2.04. The molecule has 0 aliphatic heterocycles. The Bertz CT molecular complexity index is 676. The van der Waals surface area contributed by atoms with Crippen molar-refractivity contribution >= 4 is 5.69 Å². The third-order valence-corrected chi connectivity index (χ3v) is 6.05. The van der Waals surface area contributed by atoms with Crippen molar-refractivity contribution in [3.63, 3.8) is 0 Å². The Morgan fingerprint density at radius 1 is 0.500 bits per heavy atom. The minimum Gasteiger partial charge on any atom is -0.491 e. The SMILES string of the molecule is CCCCCCCCCCCCOCCOCCOCCOCCOCCOCCOc1ccc([N+](=O)[O-])cc1. The van der Waals surface area contributed by atoms with Crippen molar-refractivity contribution in [3.05, 3.63) is 34.4 Å². The fourth-order valence-corrected chi connectivity index (χ4v) is 3.78. The van der Waals surface area contributed by atoms with Gasteiger partial charge in [-0.25, -0.2) is 0 Å². The van der Waals surface area contributed by atoms with Gasteiger partial charge in [-0.05, 0) is 18.6 Å². The molecule has 0 fully saturated rings. The van der Waals surface area contributed by atoms with Crippen LogP contribution in [-0.2, 0) is 28.4 Å². The van der Waals surface area contributed by atoms with Crippen molar-refractivity contribution in [1.29, 1.82) is 0 Å². The Hall–Kier alpha value is -1.82. The summed E-state index contributed by atoms with van der Waals surface area (Å²) in [6.07, 6.45) is 13.4. The van der Waals surface area contributed by atoms with Gasteiger partial charge in [-0.3, -0.25) is 10.1 Å². The molecule has 40 heavy (non-hydrogen) atoms. The van der Waals surface area contributed by atoms with Crippen LogP contribution in [0.25, 0.3) is 0 Å². The third kappa shape index (κ3) is 24.0. The van der Waals surface area contributed by atoms with E-state index in [1.54, 1.807) is 12.1 Å². The normalized spacial score (nSPS) is 11.2. The summed E-state index contributed by atoms with van der Waals surface area (Å²) in [7, 11) is 0. The second-order valence-electron chi connectivity index (χ2n) is 9.46. The van der Waals surface area contributed by atoms with E-state index in [0.29, 0.717) is 85.0 Å². The Labute approximate surface area is 241 Å². The molecule has 10 heteroatoms. The number of ether oxygens (including phenoxy) is 7. The second kappa shape index (κ2) is 28.7. The number of rotatable bonds is 31. The predicted octanol–water partition coefficient (Wildman–Crippen LogP) is 5.99. The molecule has 0 amide bonds. The topological polar surface area (TPSA) is 108 Å². The van der Waals surface area contributed by atoms with Gasteiger partial charge in [-0.2, -0.15) is 0 Å². The van der Waals surface area contributed by atoms with Crippen LogP contribution in [0.1, 0.15) is 71.1 Å². The molecule has 1 aromatic rings. The second-order valence-corrected chi connectivity index (χ2v) is 9.46. The van der Waals surface area contributed by atoms with Gasteiger partial charge in [0.25, 0.3) is 5.69 Å². The van der Waals surface area contributed by atoms with Crippen LogP contribution in [0.2, 0.25) is 0 Å². The average Bonchev–Trinajstić information content (AvgIpc) is 2.96. The van der Waals surface area contributed by atoms with Gasteiger partial charge in [0, 0.05) is 18.7 Å². The van der Waals surface area contributed by atoms with E-state index < -0.39 is 4.92 Å². The molecular formula is C30H53NO9. The molecule has 1 rings (SSSR count). The minimum absolute atomic E-state index is 0.0355. The summed E-state index contributed by atoms with van der Waals surface area (Å²) in [5.41, 5.74) is 0.0355. The quantitative estimate of drug-likeness (QED) is 0.0603. The molecular weight excluding hydrogens is 518 g/mol. The van der Waals surface area contributed by atoms with Crippen molar-refractivity contribution in [2.75, 3.05) is 85.9 Å². The van der Waals surface area contributed by atoms with Gasteiger partial charge in [0.1, 0.15) is 12.4 Å². The lowest BCUT2D eigenvalue weighted by Crippen LogP contribution is -2.14. The van der Waals surface area contributed by atoms with Crippen LogP contribution in [0.3, 0.4) is 0 Å². The molecule has 0 atom stereocenters. The van der Waals surface area contributed by atoms with Gasteiger partial charge in [0.2, 0.25) is 0 Å². The van der Waals surface area contributed by atoms with Crippen LogP contribution < -0.4 is 4.74 Å². The number of non-ortho nitro benzene ring substituents is 1. The molecule has 0 radical (unpaired) electrons. The Morgan fingerprint density at radius 2 is 0.850 bits per heavy atom. The zero-order chi connectivity index (χ0) is 28.8. The molecule has 0 unspecified atom stereocenters. The van der Waals surface area contributed by atoms with E-state index in [9.17, 15) is 10.1 Å². The third-order valence-electron chi connectivity index (χ3n) is 6.05. The molecule has 1 aromatic carbocycles. The smallest absolute Gasteiger partial charge is 0.269 e. The first-order valence-electron chi connectivity index (χ1n) is 15.1. The first-order valence-corrected chi connectivity index (χ1v) is 15.1. The molecule has 232 valence electrons. The van der Waals surface area contributed by atoms with E-state index in [2.05, 4.69) is 6.92 Å². The van der Waals surface area contributed by atoms with Gasteiger partial charge in [-0.1, -0.05) is 64.7 Å². The highest BCUT2D eigenvalue weighted by atomic mass is 16.6. The Balaban J connectivity index is 1.67. The fourth-order valence-electron chi connectivity index (χ4n) is 3.78. The van der Waals surface area contributed by atoms with Crippen LogP contribution in [0.5, 0.6) is 5.75 Å². The lowest BCUT2D eigenvalue weighted by Gasteiger charge is -2.09. The van der Waals surface area contributed by atoms with Crippen LogP contribution in [0.15, 0.2) is 24.3 Å². The van der Waals surface area contributed by atoms with Crippen LogP contribution in [0.4, 0.5) is 5.69 Å². The summed E-state index contributed by atoms with van der Waals surface area (Å²) in [5, 5.41) is 10.6. The zero-order valence-electron chi connectivity index (χ0n) is 24.7. The molecule has 0 saturated heterocycles. The molecule has 0 heterocycles. The summed E-state index contributed by atoms with van der Waals surface area (Å²) < 4.78 is 38.5. The molecule has 10 nitrogen and oxygen atoms in total. The molecule has 0 spiro atoms. The number of unbranched alkanes of at least 4 members (excludes halogenated alkanes) is 9. The van der Waals surface area contributed by atoms with Crippen molar-refractivity contribution in [2.45, 2.75) is 71.1 Å². The molecule has 0 aromatic heterocycles. The molecule has 0 aliphatic rings. The number of benzene rings is 1. The van der Waals surface area contributed by atoms with E-state index in [4.69, 9.17) is 33.2 Å². The van der Waals surface area contributed by atoms with E-state index in [-0.39, 0.29) is 5.69 Å². The summed E-state index contributed by atoms with van der Waals surface area (Å²) in [6, 6.07) is 5.95. The van der Waals surface area contributed by atoms with Gasteiger partial charge in [-0.15, -0.1) is 0 Å². The van der Waals surface area contributed by atoms with E-state index in [0.717, 1.165) is 13.0 Å². The summed E-state index contributed by atoms with van der Waals surface area (Å²) in [5.74, 6) is 0.568. The lowest BCUT2D eigenvalue weighted by molar-refractivity contribution is -0.384. The summed E-state index contributed by atoms with van der Waals surface area (Å²) in [4.78, 5) is 10.2. The van der Waals surface area contributed by atoms with Gasteiger partial charge >= 0.3 is 0 Å². The van der Waals surface area contributed by atoms with E-state index in [1.165, 1.54) is 69.9 Å². The maximum absolute atomic E-state index is 10.6. The number of hydrogen-bond donors (Lipinski definition) is 0. The number of nitro groups is 1. The zero-order valence-corrected chi connectivity index (χ0v) is 24.7. The Kier molecular flexibility index (Phi) is 26.0. The van der Waals surface area contributed by atoms with Gasteiger partial charge in [0.05, 0.1) is 77.6 Å². The molecule has 0 bridgehead atoms. The van der Waals surface area contributed by atoms with E-state index in [1.807, 2.05) is 0 Å². The fraction of sp³-hybridized carbons (Fsp3) is 0.800. The molecule has 0 aliphatic carbocycles. The van der Waals surface area contributed by atoms with Crippen LogP contribution >= 0.6 is 0 Å².